The number of hydrogen-bond donors (Lipinski definition) is 2. The molecular formula is C18H14N4O7. The fraction of sp³-hybridized carbons (Fsp3) is 0.111. The van der Waals surface area contributed by atoms with Gasteiger partial charge in [0.2, 0.25) is 5.75 Å². The number of aryl methyl sites for hydroxylation is 1. The van der Waals surface area contributed by atoms with Gasteiger partial charge >= 0.3 is 11.7 Å². The average molecular weight is 398 g/mol. The first-order valence-electron chi connectivity index (χ1n) is 8.23. The molecule has 2 aromatic carbocycles. The third-order valence-corrected chi connectivity index (χ3v) is 4.24. The minimum atomic E-state index is -0.983. The van der Waals surface area contributed by atoms with Gasteiger partial charge in [0.25, 0.3) is 11.6 Å². The zero-order valence-electron chi connectivity index (χ0n) is 15.0. The second kappa shape index (κ2) is 7.38. The van der Waals surface area contributed by atoms with Crippen molar-refractivity contribution in [2.45, 2.75) is 13.5 Å². The van der Waals surface area contributed by atoms with Crippen LogP contribution in [-0.4, -0.2) is 31.8 Å². The van der Waals surface area contributed by atoms with Crippen LogP contribution in [0.4, 0.5) is 16.2 Å². The van der Waals surface area contributed by atoms with Crippen molar-refractivity contribution in [2.24, 2.45) is 0 Å². The van der Waals surface area contributed by atoms with Crippen LogP contribution in [0, 0.1) is 27.2 Å². The van der Waals surface area contributed by atoms with E-state index in [1.807, 2.05) is 19.1 Å². The summed E-state index contributed by atoms with van der Waals surface area (Å²) in [7, 11) is 0. The average Bonchev–Trinajstić information content (AvgIpc) is 2.92. The Labute approximate surface area is 163 Å². The number of nitrogens with zero attached hydrogens (tertiary/aromatic N) is 3. The lowest BCUT2D eigenvalue weighted by Gasteiger charge is -2.11. The molecule has 3 amide bonds. The molecule has 0 spiro atoms. The molecule has 0 saturated carbocycles. The molecule has 2 aromatic rings. The SMILES string of the molecule is Cc1ccc(CN2C(=O)N/C(=C/c3cc([N+](=O)[O-])cc([N+](=O)[O-])c3O)C2=O)cc1. The molecule has 0 unspecified atom stereocenters. The largest absolute Gasteiger partial charge is 0.502 e. The van der Waals surface area contributed by atoms with Crippen LogP contribution in [0.15, 0.2) is 42.1 Å². The maximum Gasteiger partial charge on any atom is 0.329 e. The molecule has 3 rings (SSSR count). The highest BCUT2D eigenvalue weighted by atomic mass is 16.6. The summed E-state index contributed by atoms with van der Waals surface area (Å²) in [6.07, 6.45) is 0.963. The standard InChI is InChI=1S/C18H14N4O7/c1-10-2-4-11(5-3-10)9-20-17(24)14(19-18(20)25)7-12-6-13(21(26)27)8-15(16(12)23)22(28)29/h2-8,23H,9H2,1H3,(H,19,25)/b14-7+. The summed E-state index contributed by atoms with van der Waals surface area (Å²) in [5.74, 6) is -1.59. The summed E-state index contributed by atoms with van der Waals surface area (Å²) < 4.78 is 0. The molecule has 0 radical (unpaired) electrons. The molecule has 0 aromatic heterocycles. The van der Waals surface area contributed by atoms with Crippen LogP contribution in [0.1, 0.15) is 16.7 Å². The first-order valence-corrected chi connectivity index (χ1v) is 8.23. The van der Waals surface area contributed by atoms with E-state index in [9.17, 15) is 34.9 Å². The van der Waals surface area contributed by atoms with Gasteiger partial charge in [-0.25, -0.2) is 4.79 Å². The van der Waals surface area contributed by atoms with E-state index in [-0.39, 0.29) is 17.8 Å². The topological polar surface area (TPSA) is 156 Å². The Bertz CT molecular complexity index is 1080. The molecule has 2 N–H and O–H groups in total. The number of nitrogens with one attached hydrogen (secondary N) is 1. The van der Waals surface area contributed by atoms with Gasteiger partial charge in [-0.2, -0.15) is 0 Å². The number of imide groups is 1. The zero-order chi connectivity index (χ0) is 21.3. The lowest BCUT2D eigenvalue weighted by molar-refractivity contribution is -0.394. The number of carbonyl (C=O) groups excluding carboxylic acids is 2. The molecule has 1 saturated heterocycles. The third-order valence-electron chi connectivity index (χ3n) is 4.24. The van der Waals surface area contributed by atoms with Crippen LogP contribution >= 0.6 is 0 Å². The van der Waals surface area contributed by atoms with E-state index in [0.717, 1.165) is 22.6 Å². The molecular weight excluding hydrogens is 384 g/mol. The van der Waals surface area contributed by atoms with Crippen molar-refractivity contribution in [3.05, 3.63) is 79.0 Å². The number of rotatable bonds is 5. The second-order valence-electron chi connectivity index (χ2n) is 6.28. The highest BCUT2D eigenvalue weighted by Gasteiger charge is 2.34. The highest BCUT2D eigenvalue weighted by molar-refractivity contribution is 6.14. The number of hydrogen-bond acceptors (Lipinski definition) is 7. The minimum Gasteiger partial charge on any atom is -0.502 e. The van der Waals surface area contributed by atoms with E-state index in [4.69, 9.17) is 0 Å². The predicted molar refractivity (Wildman–Crippen MR) is 99.7 cm³/mol. The fourth-order valence-corrected chi connectivity index (χ4v) is 2.73. The van der Waals surface area contributed by atoms with Crippen LogP contribution in [0.25, 0.3) is 6.08 Å². The molecule has 11 nitrogen and oxygen atoms in total. The molecule has 1 aliphatic rings. The van der Waals surface area contributed by atoms with Crippen molar-refractivity contribution in [1.82, 2.24) is 10.2 Å². The molecule has 0 atom stereocenters. The van der Waals surface area contributed by atoms with Crippen LogP contribution in [0.3, 0.4) is 0 Å². The Hall–Kier alpha value is -4.28. The van der Waals surface area contributed by atoms with Crippen LogP contribution < -0.4 is 5.32 Å². The van der Waals surface area contributed by atoms with Crippen molar-refractivity contribution in [1.29, 1.82) is 0 Å². The van der Waals surface area contributed by atoms with Gasteiger partial charge < -0.3 is 10.4 Å². The summed E-state index contributed by atoms with van der Waals surface area (Å²) in [6, 6.07) is 7.92. The van der Waals surface area contributed by atoms with E-state index in [0.29, 0.717) is 11.6 Å². The summed E-state index contributed by atoms with van der Waals surface area (Å²) in [4.78, 5) is 45.8. The quantitative estimate of drug-likeness (QED) is 0.339. The van der Waals surface area contributed by atoms with Gasteiger partial charge in [0, 0.05) is 11.6 Å². The predicted octanol–water partition coefficient (Wildman–Crippen LogP) is 2.61. The number of urea groups is 1. The van der Waals surface area contributed by atoms with E-state index < -0.39 is 38.9 Å². The Morgan fingerprint density at radius 3 is 2.34 bits per heavy atom. The van der Waals surface area contributed by atoms with E-state index in [2.05, 4.69) is 5.32 Å². The number of aromatic hydroxyl groups is 1. The molecule has 29 heavy (non-hydrogen) atoms. The normalized spacial score (nSPS) is 14.9. The monoisotopic (exact) mass is 398 g/mol. The van der Waals surface area contributed by atoms with Gasteiger partial charge in [-0.05, 0) is 18.6 Å². The maximum absolute atomic E-state index is 12.6. The smallest absolute Gasteiger partial charge is 0.329 e. The Balaban J connectivity index is 1.96. The van der Waals surface area contributed by atoms with Gasteiger partial charge in [-0.15, -0.1) is 0 Å². The van der Waals surface area contributed by atoms with E-state index in [1.54, 1.807) is 12.1 Å². The number of benzene rings is 2. The van der Waals surface area contributed by atoms with E-state index >= 15 is 0 Å². The van der Waals surface area contributed by atoms with Gasteiger partial charge in [0.15, 0.2) is 0 Å². The first kappa shape index (κ1) is 19.5. The number of nitro benzene ring substituents is 2. The van der Waals surface area contributed by atoms with Gasteiger partial charge in [-0.1, -0.05) is 29.8 Å². The summed E-state index contributed by atoms with van der Waals surface area (Å²) in [5, 5.41) is 34.4. The molecule has 11 heteroatoms. The van der Waals surface area contributed by atoms with Crippen molar-refractivity contribution in [3.63, 3.8) is 0 Å². The molecule has 0 bridgehead atoms. The van der Waals surface area contributed by atoms with Crippen LogP contribution in [0.2, 0.25) is 0 Å². The molecule has 0 aliphatic carbocycles. The Morgan fingerprint density at radius 2 is 1.76 bits per heavy atom. The van der Waals surface area contributed by atoms with Crippen molar-refractivity contribution >= 4 is 29.4 Å². The molecule has 148 valence electrons. The summed E-state index contributed by atoms with van der Waals surface area (Å²) in [6.45, 7) is 1.88. The van der Waals surface area contributed by atoms with Crippen molar-refractivity contribution < 1.29 is 24.5 Å². The number of carbonyl (C=O) groups is 2. The van der Waals surface area contributed by atoms with Crippen molar-refractivity contribution in [2.75, 3.05) is 0 Å². The first-order chi connectivity index (χ1) is 13.7. The van der Waals surface area contributed by atoms with Gasteiger partial charge in [-0.3, -0.25) is 29.9 Å². The summed E-state index contributed by atoms with van der Waals surface area (Å²) in [5.41, 5.74) is -0.434. The second-order valence-corrected chi connectivity index (χ2v) is 6.28. The number of non-ortho nitro benzene ring substituents is 1. The molecule has 1 fully saturated rings. The number of amides is 3. The highest BCUT2D eigenvalue weighted by Crippen LogP contribution is 2.35. The summed E-state index contributed by atoms with van der Waals surface area (Å²) >= 11 is 0. The Morgan fingerprint density at radius 1 is 1.10 bits per heavy atom. The molecule has 1 heterocycles. The fourth-order valence-electron chi connectivity index (χ4n) is 2.73. The number of phenolic OH excluding ortho intramolecular Hbond substituents is 1. The van der Waals surface area contributed by atoms with Gasteiger partial charge in [0.05, 0.1) is 22.5 Å². The maximum atomic E-state index is 12.6. The van der Waals surface area contributed by atoms with Crippen LogP contribution in [0.5, 0.6) is 5.75 Å². The lowest BCUT2D eigenvalue weighted by Crippen LogP contribution is -2.30. The van der Waals surface area contributed by atoms with E-state index in [1.165, 1.54) is 0 Å². The molecule has 1 aliphatic heterocycles. The number of nitro groups is 2. The van der Waals surface area contributed by atoms with Crippen molar-refractivity contribution in [3.8, 4) is 5.75 Å². The van der Waals surface area contributed by atoms with Crippen LogP contribution in [-0.2, 0) is 11.3 Å². The van der Waals surface area contributed by atoms with Gasteiger partial charge in [0.1, 0.15) is 5.70 Å². The number of phenols is 1. The Kier molecular flexibility index (Phi) is 4.96. The lowest BCUT2D eigenvalue weighted by atomic mass is 10.1. The minimum absolute atomic E-state index is 0.0106. The zero-order valence-corrected chi connectivity index (χ0v) is 15.0. The third kappa shape index (κ3) is 3.88.